The number of benzene rings is 2. The molecule has 0 unspecified atom stereocenters. The second-order valence-electron chi connectivity index (χ2n) is 6.97. The first-order valence-electron chi connectivity index (χ1n) is 9.26. The topological polar surface area (TPSA) is 40.6 Å². The van der Waals surface area contributed by atoms with Gasteiger partial charge in [-0.15, -0.1) is 0 Å². The predicted octanol–water partition coefficient (Wildman–Crippen LogP) is 3.66. The van der Waals surface area contributed by atoms with Crippen LogP contribution in [0.2, 0.25) is 0 Å². The molecule has 0 aromatic heterocycles. The first-order chi connectivity index (χ1) is 12.6. The summed E-state index contributed by atoms with van der Waals surface area (Å²) in [5.74, 6) is -0.178. The summed E-state index contributed by atoms with van der Waals surface area (Å²) in [7, 11) is 0. The first kappa shape index (κ1) is 18.3. The van der Waals surface area contributed by atoms with E-state index in [1.165, 1.54) is 12.5 Å². The van der Waals surface area contributed by atoms with Gasteiger partial charge in [-0.25, -0.2) is 0 Å². The smallest absolute Gasteiger partial charge is 0.234 e. The Kier molecular flexibility index (Phi) is 6.18. The zero-order chi connectivity index (χ0) is 18.4. The molecule has 1 aliphatic heterocycles. The largest absolute Gasteiger partial charge is 0.309 e. The highest BCUT2D eigenvalue weighted by atomic mass is 16.2. The number of Topliss-reactive ketones (excluding diaryl/α,β-unsaturated/α-hetero) is 1. The summed E-state index contributed by atoms with van der Waals surface area (Å²) in [6, 6.07) is 20.4. The van der Waals surface area contributed by atoms with Gasteiger partial charge in [-0.2, -0.15) is 0 Å². The van der Waals surface area contributed by atoms with Crippen molar-refractivity contribution in [1.82, 2.24) is 4.90 Å². The van der Waals surface area contributed by atoms with E-state index < -0.39 is 0 Å². The molecule has 1 saturated heterocycles. The Labute approximate surface area is 155 Å². The third-order valence-electron chi connectivity index (χ3n) is 4.87. The zero-order valence-electron chi connectivity index (χ0n) is 15.3. The number of hydrogen-bond donors (Lipinski definition) is 0. The molecule has 0 atom stereocenters. The van der Waals surface area contributed by atoms with E-state index in [1.807, 2.05) is 41.3 Å². The first-order valence-corrected chi connectivity index (χ1v) is 9.26. The lowest BCUT2D eigenvalue weighted by atomic mass is 10.0. The number of ketones is 1. The normalized spacial score (nSPS) is 15.6. The van der Waals surface area contributed by atoms with Crippen molar-refractivity contribution >= 4 is 17.4 Å². The van der Waals surface area contributed by atoms with Crippen LogP contribution in [0, 0.1) is 0 Å². The molecule has 136 valence electrons. The van der Waals surface area contributed by atoms with E-state index in [2.05, 4.69) is 29.2 Å². The minimum absolute atomic E-state index is 0.0286. The zero-order valence-corrected chi connectivity index (χ0v) is 15.3. The van der Waals surface area contributed by atoms with E-state index in [-0.39, 0.29) is 24.2 Å². The average molecular weight is 350 g/mol. The number of carbonyl (C=O) groups is 2. The summed E-state index contributed by atoms with van der Waals surface area (Å²) in [5.41, 5.74) is 2.21. The molecule has 0 radical (unpaired) electrons. The number of para-hydroxylation sites is 1. The predicted molar refractivity (Wildman–Crippen MR) is 104 cm³/mol. The standard InChI is InChI=1S/C22H26N2O2/c1-18(25)16-22(26)24(20-10-6-3-7-11-20)21-12-14-23(15-13-21)17-19-8-4-2-5-9-19/h2-11,21H,12-17H2,1H3. The maximum atomic E-state index is 12.7. The Balaban J connectivity index is 1.67. The van der Waals surface area contributed by atoms with Crippen LogP contribution in [-0.2, 0) is 16.1 Å². The number of carbonyl (C=O) groups excluding carboxylic acids is 2. The SMILES string of the molecule is CC(=O)CC(=O)N(c1ccccc1)C1CCN(Cc2ccccc2)CC1. The highest BCUT2D eigenvalue weighted by Gasteiger charge is 2.29. The van der Waals surface area contributed by atoms with Gasteiger partial charge in [0.2, 0.25) is 5.91 Å². The summed E-state index contributed by atoms with van der Waals surface area (Å²) in [6.45, 7) is 4.33. The van der Waals surface area contributed by atoms with Crippen molar-refractivity contribution < 1.29 is 9.59 Å². The Morgan fingerprint density at radius 1 is 0.962 bits per heavy atom. The fourth-order valence-electron chi connectivity index (χ4n) is 3.62. The third kappa shape index (κ3) is 4.79. The van der Waals surface area contributed by atoms with E-state index in [4.69, 9.17) is 0 Å². The van der Waals surface area contributed by atoms with Crippen LogP contribution in [0.1, 0.15) is 31.7 Å². The van der Waals surface area contributed by atoms with E-state index in [0.29, 0.717) is 0 Å². The molecule has 3 rings (SSSR count). The van der Waals surface area contributed by atoms with Gasteiger partial charge in [0, 0.05) is 31.4 Å². The molecule has 1 aliphatic rings. The van der Waals surface area contributed by atoms with E-state index in [9.17, 15) is 9.59 Å². The van der Waals surface area contributed by atoms with Gasteiger partial charge in [-0.1, -0.05) is 48.5 Å². The number of rotatable bonds is 6. The average Bonchev–Trinajstić information content (AvgIpc) is 2.64. The molecule has 0 saturated carbocycles. The minimum atomic E-state index is -0.0924. The van der Waals surface area contributed by atoms with Crippen LogP contribution in [0.25, 0.3) is 0 Å². The van der Waals surface area contributed by atoms with Crippen LogP contribution in [0.5, 0.6) is 0 Å². The van der Waals surface area contributed by atoms with Crippen molar-refractivity contribution in [1.29, 1.82) is 0 Å². The second kappa shape index (κ2) is 8.77. The summed E-state index contributed by atoms with van der Waals surface area (Å²) in [5, 5.41) is 0. The van der Waals surface area contributed by atoms with Gasteiger partial charge < -0.3 is 4.90 Å². The van der Waals surface area contributed by atoms with Crippen LogP contribution < -0.4 is 4.90 Å². The van der Waals surface area contributed by atoms with Crippen LogP contribution >= 0.6 is 0 Å². The van der Waals surface area contributed by atoms with Crippen LogP contribution in [0.4, 0.5) is 5.69 Å². The van der Waals surface area contributed by atoms with Crippen molar-refractivity contribution in [2.75, 3.05) is 18.0 Å². The molecule has 0 spiro atoms. The molecule has 0 aliphatic carbocycles. The van der Waals surface area contributed by atoms with Crippen molar-refractivity contribution in [2.24, 2.45) is 0 Å². The number of anilines is 1. The second-order valence-corrected chi connectivity index (χ2v) is 6.97. The summed E-state index contributed by atoms with van der Waals surface area (Å²) in [4.78, 5) is 28.5. The van der Waals surface area contributed by atoms with Gasteiger partial charge in [-0.05, 0) is 37.5 Å². The highest BCUT2D eigenvalue weighted by molar-refractivity contribution is 6.05. The number of amides is 1. The summed E-state index contributed by atoms with van der Waals surface area (Å²) >= 11 is 0. The monoisotopic (exact) mass is 350 g/mol. The Bertz CT molecular complexity index is 722. The fraction of sp³-hybridized carbons (Fsp3) is 0.364. The van der Waals surface area contributed by atoms with Gasteiger partial charge in [0.05, 0.1) is 6.42 Å². The van der Waals surface area contributed by atoms with Gasteiger partial charge in [-0.3, -0.25) is 14.5 Å². The quantitative estimate of drug-likeness (QED) is 0.747. The lowest BCUT2D eigenvalue weighted by molar-refractivity contribution is -0.126. The fourth-order valence-corrected chi connectivity index (χ4v) is 3.62. The molecular weight excluding hydrogens is 324 g/mol. The van der Waals surface area contributed by atoms with Crippen molar-refractivity contribution in [3.8, 4) is 0 Å². The molecule has 1 amide bonds. The van der Waals surface area contributed by atoms with Crippen LogP contribution in [0.3, 0.4) is 0 Å². The molecule has 1 heterocycles. The van der Waals surface area contributed by atoms with Gasteiger partial charge >= 0.3 is 0 Å². The summed E-state index contributed by atoms with van der Waals surface area (Å²) < 4.78 is 0. The maximum Gasteiger partial charge on any atom is 0.234 e. The van der Waals surface area contributed by atoms with Crippen molar-refractivity contribution in [2.45, 2.75) is 38.8 Å². The van der Waals surface area contributed by atoms with Gasteiger partial charge in [0.25, 0.3) is 0 Å². The molecule has 4 nitrogen and oxygen atoms in total. The Morgan fingerprint density at radius 2 is 1.54 bits per heavy atom. The van der Waals surface area contributed by atoms with Crippen LogP contribution in [0.15, 0.2) is 60.7 Å². The molecule has 2 aromatic rings. The van der Waals surface area contributed by atoms with Gasteiger partial charge in [0.1, 0.15) is 5.78 Å². The minimum Gasteiger partial charge on any atom is -0.309 e. The number of likely N-dealkylation sites (tertiary alicyclic amines) is 1. The highest BCUT2D eigenvalue weighted by Crippen LogP contribution is 2.25. The lowest BCUT2D eigenvalue weighted by Crippen LogP contribution is -2.47. The molecule has 4 heteroatoms. The molecular formula is C22H26N2O2. The van der Waals surface area contributed by atoms with Crippen molar-refractivity contribution in [3.05, 3.63) is 66.2 Å². The van der Waals surface area contributed by atoms with E-state index in [0.717, 1.165) is 38.2 Å². The number of hydrogen-bond acceptors (Lipinski definition) is 3. The number of nitrogens with zero attached hydrogens (tertiary/aromatic N) is 2. The van der Waals surface area contributed by atoms with E-state index in [1.54, 1.807) is 0 Å². The van der Waals surface area contributed by atoms with Gasteiger partial charge in [0.15, 0.2) is 0 Å². The van der Waals surface area contributed by atoms with E-state index >= 15 is 0 Å². The Hall–Kier alpha value is -2.46. The molecule has 26 heavy (non-hydrogen) atoms. The summed E-state index contributed by atoms with van der Waals surface area (Å²) in [6.07, 6.45) is 1.82. The molecule has 0 N–H and O–H groups in total. The van der Waals surface area contributed by atoms with Crippen LogP contribution in [-0.4, -0.2) is 35.7 Å². The molecule has 2 aromatic carbocycles. The number of piperidine rings is 1. The molecule has 1 fully saturated rings. The third-order valence-corrected chi connectivity index (χ3v) is 4.87. The molecule has 0 bridgehead atoms. The van der Waals surface area contributed by atoms with Crippen molar-refractivity contribution in [3.63, 3.8) is 0 Å². The maximum absolute atomic E-state index is 12.7. The lowest BCUT2D eigenvalue weighted by Gasteiger charge is -2.38. The Morgan fingerprint density at radius 3 is 2.12 bits per heavy atom.